The van der Waals surface area contributed by atoms with Crippen molar-refractivity contribution in [3.8, 4) is 16.9 Å². The van der Waals surface area contributed by atoms with E-state index in [0.717, 1.165) is 42.2 Å². The number of carboxylic acid groups (broad SMARTS) is 1. The van der Waals surface area contributed by atoms with E-state index in [0.29, 0.717) is 0 Å². The third-order valence-corrected chi connectivity index (χ3v) is 4.09. The normalized spacial score (nSPS) is 14.8. The van der Waals surface area contributed by atoms with E-state index in [-0.39, 0.29) is 11.7 Å². The van der Waals surface area contributed by atoms with E-state index in [1.54, 1.807) is 7.11 Å². The molecule has 1 unspecified atom stereocenters. The van der Waals surface area contributed by atoms with Gasteiger partial charge in [-0.1, -0.05) is 51.1 Å². The fraction of sp³-hybridized carbons (Fsp3) is 0.364. The van der Waals surface area contributed by atoms with E-state index in [1.807, 2.05) is 57.2 Å². The first-order chi connectivity index (χ1) is 12.4. The van der Waals surface area contributed by atoms with E-state index < -0.39 is 5.97 Å². The van der Waals surface area contributed by atoms with Gasteiger partial charge in [0.2, 0.25) is 0 Å². The van der Waals surface area contributed by atoms with Gasteiger partial charge in [-0.25, -0.2) is 0 Å². The molecule has 4 nitrogen and oxygen atoms in total. The lowest BCUT2D eigenvalue weighted by Crippen LogP contribution is -2.19. The monoisotopic (exact) mass is 356 g/mol. The molecule has 0 spiro atoms. The van der Waals surface area contributed by atoms with Crippen molar-refractivity contribution in [2.45, 2.75) is 40.5 Å². The number of carboxylic acids is 1. The molecule has 26 heavy (non-hydrogen) atoms. The second kappa shape index (κ2) is 10.4. The van der Waals surface area contributed by atoms with E-state index in [2.05, 4.69) is 6.07 Å². The highest BCUT2D eigenvalue weighted by Crippen LogP contribution is 2.30. The number of Topliss-reactive ketones (excluding diaryl/α,β-unsaturated/α-hetero) is 1. The van der Waals surface area contributed by atoms with Gasteiger partial charge in [0, 0.05) is 18.4 Å². The molecule has 0 saturated heterocycles. The van der Waals surface area contributed by atoms with Gasteiger partial charge in [-0.3, -0.25) is 9.59 Å². The molecule has 0 radical (unpaired) electrons. The highest BCUT2D eigenvalue weighted by atomic mass is 16.5. The van der Waals surface area contributed by atoms with E-state index in [4.69, 9.17) is 14.6 Å². The highest BCUT2D eigenvalue weighted by Gasteiger charge is 2.23. The third kappa shape index (κ3) is 5.73. The van der Waals surface area contributed by atoms with Gasteiger partial charge in [0.25, 0.3) is 5.97 Å². The Hall–Kier alpha value is -2.62. The van der Waals surface area contributed by atoms with Gasteiger partial charge >= 0.3 is 0 Å². The number of aryl methyl sites for hydroxylation is 1. The van der Waals surface area contributed by atoms with Crippen molar-refractivity contribution in [1.29, 1.82) is 0 Å². The molecule has 3 rings (SSSR count). The van der Waals surface area contributed by atoms with E-state index in [9.17, 15) is 4.79 Å². The standard InChI is InChI=1S/C18H18O2.C2H4O2.C2H6/c1-12-3-4-15-11-14(7-10-17(15)18(12)19)13-5-8-16(20-2)9-6-13;1-2(3)4;1-2/h5-12H,3-4H2,1-2H3;1H3,(H,3,4);1-2H3. The molecule has 4 heteroatoms. The van der Waals surface area contributed by atoms with Gasteiger partial charge in [0.1, 0.15) is 5.75 Å². The lowest BCUT2D eigenvalue weighted by molar-refractivity contribution is -0.134. The lowest BCUT2D eigenvalue weighted by Gasteiger charge is -2.20. The summed E-state index contributed by atoms with van der Waals surface area (Å²) >= 11 is 0. The first-order valence-corrected chi connectivity index (χ1v) is 8.93. The fourth-order valence-corrected chi connectivity index (χ4v) is 2.77. The number of rotatable bonds is 2. The lowest BCUT2D eigenvalue weighted by atomic mass is 9.82. The first-order valence-electron chi connectivity index (χ1n) is 8.93. The van der Waals surface area contributed by atoms with Gasteiger partial charge < -0.3 is 9.84 Å². The van der Waals surface area contributed by atoms with Crippen LogP contribution in [0.4, 0.5) is 0 Å². The Morgan fingerprint density at radius 1 is 1.08 bits per heavy atom. The maximum atomic E-state index is 12.1. The van der Waals surface area contributed by atoms with Crippen LogP contribution in [-0.2, 0) is 11.2 Å². The van der Waals surface area contributed by atoms with Crippen molar-refractivity contribution in [1.82, 2.24) is 0 Å². The SMILES string of the molecule is CC.CC(=O)O.COc1ccc(-c2ccc3c(c2)CCC(C)C3=O)cc1. The Morgan fingerprint density at radius 2 is 1.62 bits per heavy atom. The number of hydrogen-bond acceptors (Lipinski definition) is 3. The van der Waals surface area contributed by atoms with Crippen LogP contribution in [-0.4, -0.2) is 24.0 Å². The summed E-state index contributed by atoms with van der Waals surface area (Å²) in [7, 11) is 1.67. The van der Waals surface area contributed by atoms with Gasteiger partial charge in [0.05, 0.1) is 7.11 Å². The minimum Gasteiger partial charge on any atom is -0.497 e. The number of fused-ring (bicyclic) bond motifs is 1. The van der Waals surface area contributed by atoms with Crippen LogP contribution >= 0.6 is 0 Å². The van der Waals surface area contributed by atoms with Gasteiger partial charge in [-0.05, 0) is 41.7 Å². The van der Waals surface area contributed by atoms with E-state index >= 15 is 0 Å². The predicted octanol–water partition coefficient (Wildman–Crippen LogP) is 5.24. The Labute approximate surface area is 155 Å². The number of benzene rings is 2. The van der Waals surface area contributed by atoms with Gasteiger partial charge in [0.15, 0.2) is 5.78 Å². The summed E-state index contributed by atoms with van der Waals surface area (Å²) < 4.78 is 5.18. The van der Waals surface area contributed by atoms with Crippen molar-refractivity contribution in [2.24, 2.45) is 5.92 Å². The largest absolute Gasteiger partial charge is 0.497 e. The first kappa shape index (κ1) is 21.4. The maximum Gasteiger partial charge on any atom is 0.300 e. The van der Waals surface area contributed by atoms with Crippen LogP contribution < -0.4 is 4.74 Å². The molecule has 0 aromatic heterocycles. The molecule has 0 amide bonds. The molecule has 0 aliphatic heterocycles. The summed E-state index contributed by atoms with van der Waals surface area (Å²) in [6, 6.07) is 14.2. The second-order valence-corrected chi connectivity index (χ2v) is 5.92. The zero-order valence-electron chi connectivity index (χ0n) is 16.2. The van der Waals surface area contributed by atoms with Crippen LogP contribution in [0.25, 0.3) is 11.1 Å². The average molecular weight is 356 g/mol. The second-order valence-electron chi connectivity index (χ2n) is 5.92. The van der Waals surface area contributed by atoms with Crippen molar-refractivity contribution in [2.75, 3.05) is 7.11 Å². The molecule has 0 bridgehead atoms. The molecule has 0 fully saturated rings. The molecule has 1 atom stereocenters. The van der Waals surface area contributed by atoms with Gasteiger partial charge in [-0.2, -0.15) is 0 Å². The minimum atomic E-state index is -0.833. The molecular formula is C22H28O4. The number of carbonyl (C=O) groups excluding carboxylic acids is 1. The number of ketones is 1. The summed E-state index contributed by atoms with van der Waals surface area (Å²) in [5.41, 5.74) is 4.40. The molecule has 0 heterocycles. The average Bonchev–Trinajstić information content (AvgIpc) is 2.66. The van der Waals surface area contributed by atoms with Crippen LogP contribution in [0.1, 0.15) is 50.0 Å². The quantitative estimate of drug-likeness (QED) is 0.799. The summed E-state index contributed by atoms with van der Waals surface area (Å²) in [6.07, 6.45) is 1.95. The van der Waals surface area contributed by atoms with Crippen LogP contribution in [0.5, 0.6) is 5.75 Å². The number of methoxy groups -OCH3 is 1. The van der Waals surface area contributed by atoms with Crippen LogP contribution in [0.3, 0.4) is 0 Å². The molecular weight excluding hydrogens is 328 g/mol. The zero-order valence-corrected chi connectivity index (χ0v) is 16.2. The fourth-order valence-electron chi connectivity index (χ4n) is 2.77. The summed E-state index contributed by atoms with van der Waals surface area (Å²) in [6.45, 7) is 7.10. The van der Waals surface area contributed by atoms with Crippen LogP contribution in [0.2, 0.25) is 0 Å². The summed E-state index contributed by atoms with van der Waals surface area (Å²) in [5, 5.41) is 7.42. The maximum absolute atomic E-state index is 12.1. The minimum absolute atomic E-state index is 0.161. The number of hydrogen-bond donors (Lipinski definition) is 1. The zero-order chi connectivity index (χ0) is 19.7. The highest BCUT2D eigenvalue weighted by molar-refractivity contribution is 6.00. The Morgan fingerprint density at radius 3 is 2.15 bits per heavy atom. The number of carbonyl (C=O) groups is 2. The topological polar surface area (TPSA) is 63.6 Å². The van der Waals surface area contributed by atoms with Crippen molar-refractivity contribution in [3.63, 3.8) is 0 Å². The van der Waals surface area contributed by atoms with E-state index in [1.165, 1.54) is 5.56 Å². The summed E-state index contributed by atoms with van der Waals surface area (Å²) in [4.78, 5) is 21.1. The number of ether oxygens (including phenoxy) is 1. The molecule has 0 saturated carbocycles. The van der Waals surface area contributed by atoms with Crippen molar-refractivity contribution >= 4 is 11.8 Å². The van der Waals surface area contributed by atoms with Crippen molar-refractivity contribution < 1.29 is 19.4 Å². The Bertz CT molecular complexity index is 728. The number of aliphatic carboxylic acids is 1. The smallest absolute Gasteiger partial charge is 0.300 e. The van der Waals surface area contributed by atoms with Crippen LogP contribution in [0, 0.1) is 5.92 Å². The molecule has 1 aliphatic rings. The third-order valence-electron chi connectivity index (χ3n) is 4.09. The predicted molar refractivity (Wildman–Crippen MR) is 105 cm³/mol. The summed E-state index contributed by atoms with van der Waals surface area (Å²) in [5.74, 6) is 0.470. The van der Waals surface area contributed by atoms with Crippen molar-refractivity contribution in [3.05, 3.63) is 53.6 Å². The van der Waals surface area contributed by atoms with Gasteiger partial charge in [-0.15, -0.1) is 0 Å². The molecule has 140 valence electrons. The molecule has 1 aliphatic carbocycles. The molecule has 2 aromatic rings. The molecule has 2 aromatic carbocycles. The Kier molecular flexibility index (Phi) is 8.56. The Balaban J connectivity index is 0.000000500. The van der Waals surface area contributed by atoms with Crippen LogP contribution in [0.15, 0.2) is 42.5 Å². The molecule has 1 N–H and O–H groups in total.